The van der Waals surface area contributed by atoms with E-state index in [9.17, 15) is 8.42 Å². The first-order valence-corrected chi connectivity index (χ1v) is 9.44. The van der Waals surface area contributed by atoms with E-state index in [1.54, 1.807) is 24.3 Å². The molecule has 0 radical (unpaired) electrons. The van der Waals surface area contributed by atoms with Gasteiger partial charge in [0.2, 0.25) is 10.0 Å². The van der Waals surface area contributed by atoms with Crippen LogP contribution in [0.4, 0.5) is 0 Å². The van der Waals surface area contributed by atoms with Crippen molar-refractivity contribution in [1.82, 2.24) is 14.9 Å². The Morgan fingerprint density at radius 3 is 2.39 bits per heavy atom. The van der Waals surface area contributed by atoms with Gasteiger partial charge in [0.05, 0.1) is 11.4 Å². The quantitative estimate of drug-likeness (QED) is 0.559. The van der Waals surface area contributed by atoms with Crippen LogP contribution in [0.1, 0.15) is 32.3 Å². The molecule has 1 aromatic carbocycles. The van der Waals surface area contributed by atoms with Crippen LogP contribution in [0.25, 0.3) is 0 Å². The number of nitrogens with zero attached hydrogens (tertiary/aromatic N) is 2. The fourth-order valence-electron chi connectivity index (χ4n) is 2.03. The molecule has 0 saturated heterocycles. The first-order chi connectivity index (χ1) is 10.9. The highest BCUT2D eigenvalue weighted by Crippen LogP contribution is 2.11. The molecule has 1 rings (SSSR count). The van der Waals surface area contributed by atoms with E-state index < -0.39 is 10.0 Å². The topological polar surface area (TPSA) is 73.8 Å². The minimum atomic E-state index is -3.38. The molecule has 0 aromatic heterocycles. The predicted octanol–water partition coefficient (Wildman–Crippen LogP) is 1.79. The summed E-state index contributed by atoms with van der Waals surface area (Å²) >= 11 is 0. The third-order valence-corrected chi connectivity index (χ3v) is 4.89. The Morgan fingerprint density at radius 2 is 1.87 bits per heavy atom. The second-order valence-corrected chi connectivity index (χ2v) is 7.18. The Kier molecular flexibility index (Phi) is 8.05. The van der Waals surface area contributed by atoms with E-state index in [2.05, 4.69) is 26.9 Å². The molecule has 0 amide bonds. The van der Waals surface area contributed by atoms with Gasteiger partial charge >= 0.3 is 0 Å². The van der Waals surface area contributed by atoms with Crippen LogP contribution >= 0.6 is 0 Å². The molecule has 0 atom stereocenters. The smallest absolute Gasteiger partial charge is 0.240 e. The van der Waals surface area contributed by atoms with Crippen LogP contribution in [0, 0.1) is 0 Å². The number of aliphatic imine (C=N–C) groups is 1. The number of guanidine groups is 1. The van der Waals surface area contributed by atoms with Crippen molar-refractivity contribution in [1.29, 1.82) is 0 Å². The molecule has 130 valence electrons. The Morgan fingerprint density at radius 1 is 1.22 bits per heavy atom. The standard InChI is InChI=1S/C16H28N4O2S/c1-5-7-12-20(4)16(18-6-2)19-13-14-8-10-15(11-9-14)23(21,22)17-3/h8-11,17H,5-7,12-13H2,1-4H3,(H,18,19). The highest BCUT2D eigenvalue weighted by atomic mass is 32.2. The van der Waals surface area contributed by atoms with Gasteiger partial charge in [0.1, 0.15) is 0 Å². The maximum atomic E-state index is 11.7. The molecule has 0 spiro atoms. The summed E-state index contributed by atoms with van der Waals surface area (Å²) < 4.78 is 25.7. The van der Waals surface area contributed by atoms with Crippen molar-refractivity contribution in [3.63, 3.8) is 0 Å². The van der Waals surface area contributed by atoms with Gasteiger partial charge in [-0.05, 0) is 38.1 Å². The lowest BCUT2D eigenvalue weighted by molar-refractivity contribution is 0.465. The molecule has 0 unspecified atom stereocenters. The molecule has 0 aliphatic carbocycles. The van der Waals surface area contributed by atoms with Gasteiger partial charge in [0.15, 0.2) is 5.96 Å². The van der Waals surface area contributed by atoms with Crippen molar-refractivity contribution in [2.75, 3.05) is 27.2 Å². The Bertz CT molecular complexity index is 597. The fourth-order valence-corrected chi connectivity index (χ4v) is 2.76. The molecule has 0 fully saturated rings. The SMILES string of the molecule is CCCCN(C)C(=NCc1ccc(S(=O)(=O)NC)cc1)NCC. The Balaban J connectivity index is 2.79. The molecule has 0 heterocycles. The van der Waals surface area contributed by atoms with Crippen molar-refractivity contribution in [3.8, 4) is 0 Å². The lowest BCUT2D eigenvalue weighted by Gasteiger charge is -2.21. The van der Waals surface area contributed by atoms with Gasteiger partial charge in [-0.3, -0.25) is 0 Å². The lowest BCUT2D eigenvalue weighted by atomic mass is 10.2. The molecule has 0 saturated carbocycles. The number of benzene rings is 1. The van der Waals surface area contributed by atoms with Gasteiger partial charge in [0, 0.05) is 20.1 Å². The second-order valence-electron chi connectivity index (χ2n) is 5.30. The van der Waals surface area contributed by atoms with Crippen LogP contribution in [0.3, 0.4) is 0 Å². The van der Waals surface area contributed by atoms with E-state index in [1.165, 1.54) is 7.05 Å². The zero-order valence-electron chi connectivity index (χ0n) is 14.5. The van der Waals surface area contributed by atoms with E-state index in [0.29, 0.717) is 6.54 Å². The molecule has 6 nitrogen and oxygen atoms in total. The summed E-state index contributed by atoms with van der Waals surface area (Å²) in [5, 5.41) is 3.28. The number of sulfonamides is 1. The summed E-state index contributed by atoms with van der Waals surface area (Å²) in [6.07, 6.45) is 2.27. The summed E-state index contributed by atoms with van der Waals surface area (Å²) in [6, 6.07) is 6.79. The van der Waals surface area contributed by atoms with Gasteiger partial charge < -0.3 is 10.2 Å². The van der Waals surface area contributed by atoms with E-state index >= 15 is 0 Å². The molecule has 0 aliphatic rings. The number of hydrogen-bond donors (Lipinski definition) is 2. The highest BCUT2D eigenvalue weighted by molar-refractivity contribution is 7.89. The number of nitrogens with one attached hydrogen (secondary N) is 2. The normalized spacial score (nSPS) is 12.3. The summed E-state index contributed by atoms with van der Waals surface area (Å²) in [7, 11) is 0.0477. The fraction of sp³-hybridized carbons (Fsp3) is 0.562. The largest absolute Gasteiger partial charge is 0.357 e. The van der Waals surface area contributed by atoms with Crippen LogP contribution in [0.5, 0.6) is 0 Å². The molecule has 2 N–H and O–H groups in total. The van der Waals surface area contributed by atoms with Crippen molar-refractivity contribution >= 4 is 16.0 Å². The molecule has 0 bridgehead atoms. The predicted molar refractivity (Wildman–Crippen MR) is 95.0 cm³/mol. The van der Waals surface area contributed by atoms with E-state index in [1.807, 2.05) is 14.0 Å². The first kappa shape index (κ1) is 19.4. The zero-order valence-corrected chi connectivity index (χ0v) is 15.3. The van der Waals surface area contributed by atoms with Gasteiger partial charge in [-0.15, -0.1) is 0 Å². The molecule has 0 aliphatic heterocycles. The molecular weight excluding hydrogens is 312 g/mol. The molecular formula is C16H28N4O2S. The van der Waals surface area contributed by atoms with E-state index in [4.69, 9.17) is 0 Å². The summed E-state index contributed by atoms with van der Waals surface area (Å²) in [4.78, 5) is 7.00. The molecule has 7 heteroatoms. The Hall–Kier alpha value is -1.60. The molecule has 23 heavy (non-hydrogen) atoms. The summed E-state index contributed by atoms with van der Waals surface area (Å²) in [6.45, 7) is 6.49. The second kappa shape index (κ2) is 9.52. The monoisotopic (exact) mass is 340 g/mol. The van der Waals surface area contributed by atoms with Crippen molar-refractivity contribution in [3.05, 3.63) is 29.8 Å². The average Bonchev–Trinajstić information content (AvgIpc) is 2.56. The zero-order chi connectivity index (χ0) is 17.3. The average molecular weight is 340 g/mol. The van der Waals surface area contributed by atoms with Crippen LogP contribution < -0.4 is 10.0 Å². The maximum Gasteiger partial charge on any atom is 0.240 e. The van der Waals surface area contributed by atoms with Gasteiger partial charge in [-0.25, -0.2) is 18.1 Å². The van der Waals surface area contributed by atoms with Crippen LogP contribution in [-0.4, -0.2) is 46.5 Å². The summed E-state index contributed by atoms with van der Waals surface area (Å²) in [5.41, 5.74) is 0.972. The van der Waals surface area contributed by atoms with Crippen LogP contribution in [0.2, 0.25) is 0 Å². The third kappa shape index (κ3) is 6.19. The van der Waals surface area contributed by atoms with Crippen LogP contribution in [-0.2, 0) is 16.6 Å². The van der Waals surface area contributed by atoms with Crippen molar-refractivity contribution in [2.45, 2.75) is 38.1 Å². The van der Waals surface area contributed by atoms with Crippen molar-refractivity contribution in [2.24, 2.45) is 4.99 Å². The lowest BCUT2D eigenvalue weighted by Crippen LogP contribution is -2.39. The van der Waals surface area contributed by atoms with Gasteiger partial charge in [0.25, 0.3) is 0 Å². The van der Waals surface area contributed by atoms with Crippen LogP contribution in [0.15, 0.2) is 34.2 Å². The van der Waals surface area contributed by atoms with Gasteiger partial charge in [-0.1, -0.05) is 25.5 Å². The number of hydrogen-bond acceptors (Lipinski definition) is 3. The first-order valence-electron chi connectivity index (χ1n) is 7.96. The maximum absolute atomic E-state index is 11.7. The van der Waals surface area contributed by atoms with Gasteiger partial charge in [-0.2, -0.15) is 0 Å². The van der Waals surface area contributed by atoms with E-state index in [-0.39, 0.29) is 4.90 Å². The highest BCUT2D eigenvalue weighted by Gasteiger charge is 2.10. The minimum Gasteiger partial charge on any atom is -0.357 e. The number of rotatable bonds is 8. The minimum absolute atomic E-state index is 0.264. The van der Waals surface area contributed by atoms with Crippen molar-refractivity contribution < 1.29 is 8.42 Å². The summed E-state index contributed by atoms with van der Waals surface area (Å²) in [5.74, 6) is 0.868. The Labute approximate surface area is 140 Å². The number of unbranched alkanes of at least 4 members (excludes halogenated alkanes) is 1. The third-order valence-electron chi connectivity index (χ3n) is 3.46. The molecule has 1 aromatic rings. The van der Waals surface area contributed by atoms with E-state index in [0.717, 1.165) is 37.5 Å².